The van der Waals surface area contributed by atoms with Crippen molar-refractivity contribution in [3.8, 4) is 11.3 Å². The smallest absolute Gasteiger partial charge is 0.223 e. The first-order chi connectivity index (χ1) is 12.1. The fourth-order valence-corrected chi connectivity index (χ4v) is 3.38. The number of likely N-dealkylation sites (tertiary alicyclic amines) is 1. The molecule has 25 heavy (non-hydrogen) atoms. The highest BCUT2D eigenvalue weighted by molar-refractivity contribution is 5.79. The molecule has 1 aliphatic heterocycles. The first-order valence-electron chi connectivity index (χ1n) is 9.15. The molecule has 1 aliphatic rings. The van der Waals surface area contributed by atoms with Crippen LogP contribution < -0.4 is 0 Å². The van der Waals surface area contributed by atoms with Gasteiger partial charge in [-0.2, -0.15) is 0 Å². The third-order valence-corrected chi connectivity index (χ3v) is 4.76. The maximum Gasteiger partial charge on any atom is 0.223 e. The first kappa shape index (κ1) is 17.7. The number of carbonyl (C=O) groups excluding carboxylic acids is 1. The van der Waals surface area contributed by atoms with Gasteiger partial charge in [0.15, 0.2) is 0 Å². The largest absolute Gasteiger partial charge is 0.345 e. The molecule has 0 aliphatic carbocycles. The normalized spacial score (nSPS) is 17.7. The van der Waals surface area contributed by atoms with Crippen molar-refractivity contribution < 1.29 is 4.79 Å². The van der Waals surface area contributed by atoms with Gasteiger partial charge in [0.1, 0.15) is 5.82 Å². The highest BCUT2D eigenvalue weighted by Gasteiger charge is 2.32. The molecule has 1 aromatic carbocycles. The number of rotatable bonds is 7. The van der Waals surface area contributed by atoms with Crippen LogP contribution in [0.2, 0.25) is 0 Å². The molecule has 0 radical (unpaired) electrons. The number of nitrogens with one attached hydrogen (secondary N) is 1. The Morgan fingerprint density at radius 3 is 2.72 bits per heavy atom. The molecule has 5 heteroatoms. The Hall–Kier alpha value is -2.14. The third-order valence-electron chi connectivity index (χ3n) is 4.76. The molecule has 1 atom stereocenters. The predicted octanol–water partition coefficient (Wildman–Crippen LogP) is 2.91. The molecule has 0 spiro atoms. The monoisotopic (exact) mass is 340 g/mol. The Balaban J connectivity index is 1.80. The molecule has 1 fully saturated rings. The summed E-state index contributed by atoms with van der Waals surface area (Å²) in [4.78, 5) is 24.8. The summed E-state index contributed by atoms with van der Waals surface area (Å²) in [6.45, 7) is 4.63. The topological polar surface area (TPSA) is 52.2 Å². The zero-order valence-electron chi connectivity index (χ0n) is 15.5. The number of hydrogen-bond donors (Lipinski definition) is 1. The van der Waals surface area contributed by atoms with E-state index in [1.54, 1.807) is 0 Å². The Kier molecular flexibility index (Phi) is 5.53. The summed E-state index contributed by atoms with van der Waals surface area (Å²) < 4.78 is 0. The molecule has 3 rings (SSSR count). The fourth-order valence-electron chi connectivity index (χ4n) is 3.38. The van der Waals surface area contributed by atoms with E-state index in [0.717, 1.165) is 49.6 Å². The van der Waals surface area contributed by atoms with Crippen molar-refractivity contribution in [2.24, 2.45) is 0 Å². The molecular weight excluding hydrogens is 312 g/mol. The summed E-state index contributed by atoms with van der Waals surface area (Å²) in [7, 11) is 4.07. The molecule has 134 valence electrons. The summed E-state index contributed by atoms with van der Waals surface area (Å²) >= 11 is 0. The van der Waals surface area contributed by atoms with Gasteiger partial charge in [0.2, 0.25) is 5.91 Å². The first-order valence-corrected chi connectivity index (χ1v) is 9.15. The second kappa shape index (κ2) is 7.83. The van der Waals surface area contributed by atoms with Crippen LogP contribution in [0.25, 0.3) is 11.3 Å². The van der Waals surface area contributed by atoms with E-state index in [4.69, 9.17) is 4.98 Å². The average molecular weight is 340 g/mol. The molecule has 0 bridgehead atoms. The Morgan fingerprint density at radius 2 is 2.04 bits per heavy atom. The number of carbonyl (C=O) groups is 1. The quantitative estimate of drug-likeness (QED) is 0.843. The van der Waals surface area contributed by atoms with Crippen LogP contribution in [0.4, 0.5) is 0 Å². The lowest BCUT2D eigenvalue weighted by atomic mass is 10.1. The molecule has 1 amide bonds. The van der Waals surface area contributed by atoms with Crippen LogP contribution in [0.1, 0.15) is 37.2 Å². The van der Waals surface area contributed by atoms with Crippen LogP contribution in [-0.2, 0) is 11.2 Å². The van der Waals surface area contributed by atoms with Gasteiger partial charge in [0, 0.05) is 43.2 Å². The van der Waals surface area contributed by atoms with Gasteiger partial charge in [-0.25, -0.2) is 4.98 Å². The van der Waals surface area contributed by atoms with E-state index in [0.29, 0.717) is 6.42 Å². The van der Waals surface area contributed by atoms with Crippen molar-refractivity contribution in [1.29, 1.82) is 0 Å². The summed E-state index contributed by atoms with van der Waals surface area (Å²) in [5, 5.41) is 0. The van der Waals surface area contributed by atoms with Crippen molar-refractivity contribution in [3.05, 3.63) is 41.9 Å². The maximum absolute atomic E-state index is 12.3. The van der Waals surface area contributed by atoms with Crippen molar-refractivity contribution in [3.63, 3.8) is 0 Å². The molecule has 1 N–H and O–H groups in total. The number of aryl methyl sites for hydroxylation is 1. The van der Waals surface area contributed by atoms with Crippen LogP contribution in [0.3, 0.4) is 0 Å². The number of benzene rings is 1. The summed E-state index contributed by atoms with van der Waals surface area (Å²) in [6.07, 6.45) is 2.60. The van der Waals surface area contributed by atoms with Gasteiger partial charge < -0.3 is 14.8 Å². The van der Waals surface area contributed by atoms with Crippen molar-refractivity contribution >= 4 is 5.91 Å². The second-order valence-electron chi connectivity index (χ2n) is 7.11. The molecular formula is C20H28N4O. The zero-order valence-corrected chi connectivity index (χ0v) is 15.5. The van der Waals surface area contributed by atoms with Gasteiger partial charge in [-0.15, -0.1) is 0 Å². The maximum atomic E-state index is 12.3. The SMILES string of the molecule is CCCc1[nH]c(C2CC(=O)N(CCN(C)C)C2)nc1-c1ccccc1. The van der Waals surface area contributed by atoms with E-state index < -0.39 is 0 Å². The highest BCUT2D eigenvalue weighted by atomic mass is 16.2. The number of aromatic nitrogens is 2. The van der Waals surface area contributed by atoms with E-state index in [1.165, 1.54) is 5.69 Å². The van der Waals surface area contributed by atoms with Crippen LogP contribution in [0.5, 0.6) is 0 Å². The molecule has 1 unspecified atom stereocenters. The lowest BCUT2D eigenvalue weighted by molar-refractivity contribution is -0.127. The summed E-state index contributed by atoms with van der Waals surface area (Å²) in [5.41, 5.74) is 3.36. The Morgan fingerprint density at radius 1 is 1.28 bits per heavy atom. The van der Waals surface area contributed by atoms with Gasteiger partial charge in [0.05, 0.1) is 5.69 Å². The third kappa shape index (κ3) is 4.10. The van der Waals surface area contributed by atoms with E-state index >= 15 is 0 Å². The minimum atomic E-state index is 0.169. The van der Waals surface area contributed by atoms with Crippen molar-refractivity contribution in [2.75, 3.05) is 33.7 Å². The fraction of sp³-hybridized carbons (Fsp3) is 0.500. The Bertz CT molecular complexity index is 708. The highest BCUT2D eigenvalue weighted by Crippen LogP contribution is 2.30. The number of likely N-dealkylation sites (N-methyl/N-ethyl adjacent to an activating group) is 1. The zero-order chi connectivity index (χ0) is 17.8. The van der Waals surface area contributed by atoms with Gasteiger partial charge >= 0.3 is 0 Å². The number of amides is 1. The number of hydrogen-bond acceptors (Lipinski definition) is 3. The number of nitrogens with zero attached hydrogens (tertiary/aromatic N) is 3. The van der Waals surface area contributed by atoms with Crippen LogP contribution in [0.15, 0.2) is 30.3 Å². The summed E-state index contributed by atoms with van der Waals surface area (Å²) in [5.74, 6) is 1.37. The molecule has 2 heterocycles. The minimum Gasteiger partial charge on any atom is -0.345 e. The van der Waals surface area contributed by atoms with E-state index in [1.807, 2.05) is 37.2 Å². The van der Waals surface area contributed by atoms with Gasteiger partial charge in [-0.1, -0.05) is 43.7 Å². The molecule has 0 saturated carbocycles. The van der Waals surface area contributed by atoms with Gasteiger partial charge in [-0.05, 0) is 20.5 Å². The van der Waals surface area contributed by atoms with Crippen LogP contribution >= 0.6 is 0 Å². The van der Waals surface area contributed by atoms with Crippen LogP contribution in [-0.4, -0.2) is 59.4 Å². The van der Waals surface area contributed by atoms with Crippen molar-refractivity contribution in [1.82, 2.24) is 19.8 Å². The molecule has 5 nitrogen and oxygen atoms in total. The van der Waals surface area contributed by atoms with E-state index in [-0.39, 0.29) is 11.8 Å². The van der Waals surface area contributed by atoms with Gasteiger partial charge in [0.25, 0.3) is 0 Å². The number of aromatic amines is 1. The van der Waals surface area contributed by atoms with Crippen molar-refractivity contribution in [2.45, 2.75) is 32.1 Å². The molecule has 1 aromatic heterocycles. The van der Waals surface area contributed by atoms with E-state index in [2.05, 4.69) is 28.9 Å². The van der Waals surface area contributed by atoms with E-state index in [9.17, 15) is 4.79 Å². The number of imidazole rings is 1. The summed E-state index contributed by atoms with van der Waals surface area (Å²) in [6, 6.07) is 10.3. The number of H-pyrrole nitrogens is 1. The lowest BCUT2D eigenvalue weighted by Crippen LogP contribution is -2.32. The lowest BCUT2D eigenvalue weighted by Gasteiger charge is -2.18. The van der Waals surface area contributed by atoms with Crippen LogP contribution in [0, 0.1) is 0 Å². The Labute approximate surface area is 150 Å². The average Bonchev–Trinajstić information content (AvgIpc) is 3.18. The second-order valence-corrected chi connectivity index (χ2v) is 7.11. The molecule has 2 aromatic rings. The minimum absolute atomic E-state index is 0.169. The molecule has 1 saturated heterocycles. The van der Waals surface area contributed by atoms with Gasteiger partial charge in [-0.3, -0.25) is 4.79 Å². The predicted molar refractivity (Wildman–Crippen MR) is 101 cm³/mol. The standard InChI is InChI=1S/C20H28N4O/c1-4-8-17-19(15-9-6-5-7-10-15)22-20(21-17)16-13-18(25)24(14-16)12-11-23(2)3/h5-7,9-10,16H,4,8,11-14H2,1-3H3,(H,21,22).